The molecule has 1 heteroatoms. The fourth-order valence-corrected chi connectivity index (χ4v) is 0.982. The van der Waals surface area contributed by atoms with Crippen LogP contribution in [0.25, 0.3) is 0 Å². The van der Waals surface area contributed by atoms with Crippen LogP contribution in [0, 0.1) is 0 Å². The summed E-state index contributed by atoms with van der Waals surface area (Å²) in [5.74, 6) is 0.256. The van der Waals surface area contributed by atoms with Crippen molar-refractivity contribution in [3.8, 4) is 0 Å². The predicted octanol–water partition coefficient (Wildman–Crippen LogP) is 2.24. The average molecular weight is 136 g/mol. The first kappa shape index (κ1) is 7.26. The zero-order valence-electron chi connectivity index (χ0n) is 6.05. The first-order valence-corrected chi connectivity index (χ1v) is 3.75. The van der Waals surface area contributed by atoms with Gasteiger partial charge in [-0.25, -0.2) is 0 Å². The molecule has 0 aliphatic heterocycles. The van der Waals surface area contributed by atoms with Crippen molar-refractivity contribution in [2.45, 2.75) is 25.7 Å². The van der Waals surface area contributed by atoms with Crippen molar-refractivity contribution in [2.24, 2.45) is 0 Å². The highest BCUT2D eigenvalue weighted by Gasteiger charge is 1.95. The van der Waals surface area contributed by atoms with Crippen molar-refractivity contribution >= 4 is 5.78 Å². The van der Waals surface area contributed by atoms with E-state index in [0.717, 1.165) is 25.7 Å². The van der Waals surface area contributed by atoms with Crippen LogP contribution in [0.4, 0.5) is 0 Å². The normalized spacial score (nSPS) is 26.2. The Morgan fingerprint density at radius 2 is 2.10 bits per heavy atom. The number of carbonyl (C=O) groups excluding carboxylic acids is 1. The second-order valence-electron chi connectivity index (χ2n) is 2.50. The first-order valence-electron chi connectivity index (χ1n) is 3.75. The summed E-state index contributed by atoms with van der Waals surface area (Å²) in [7, 11) is 0. The van der Waals surface area contributed by atoms with Gasteiger partial charge < -0.3 is 0 Å². The van der Waals surface area contributed by atoms with E-state index < -0.39 is 0 Å². The lowest BCUT2D eigenvalue weighted by atomic mass is 10.1. The van der Waals surface area contributed by atoms with Gasteiger partial charge in [0, 0.05) is 6.42 Å². The molecule has 1 rings (SSSR count). The zero-order valence-corrected chi connectivity index (χ0v) is 6.05. The molecular formula is C9H12O. The van der Waals surface area contributed by atoms with E-state index >= 15 is 0 Å². The van der Waals surface area contributed by atoms with Crippen molar-refractivity contribution < 1.29 is 4.79 Å². The minimum atomic E-state index is 0.256. The van der Waals surface area contributed by atoms with Crippen molar-refractivity contribution in [1.29, 1.82) is 0 Å². The molecule has 0 amide bonds. The summed E-state index contributed by atoms with van der Waals surface area (Å²) in [4.78, 5) is 10.9. The quantitative estimate of drug-likeness (QED) is 0.499. The van der Waals surface area contributed by atoms with E-state index in [-0.39, 0.29) is 5.78 Å². The van der Waals surface area contributed by atoms with Crippen LogP contribution < -0.4 is 0 Å². The smallest absolute Gasteiger partial charge is 0.155 e. The summed E-state index contributed by atoms with van der Waals surface area (Å²) in [6.07, 6.45) is 11.5. The summed E-state index contributed by atoms with van der Waals surface area (Å²) in [5.41, 5.74) is 0. The van der Waals surface area contributed by atoms with Crippen LogP contribution in [0.3, 0.4) is 0 Å². The van der Waals surface area contributed by atoms with Gasteiger partial charge >= 0.3 is 0 Å². The molecule has 0 fully saturated rings. The molecule has 54 valence electrons. The van der Waals surface area contributed by atoms with Crippen LogP contribution in [0.5, 0.6) is 0 Å². The summed E-state index contributed by atoms with van der Waals surface area (Å²) < 4.78 is 0. The fraction of sp³-hybridized carbons (Fsp3) is 0.444. The molecule has 0 saturated heterocycles. The molecule has 0 spiro atoms. The van der Waals surface area contributed by atoms with Crippen LogP contribution in [0.1, 0.15) is 25.7 Å². The van der Waals surface area contributed by atoms with Gasteiger partial charge in [0.05, 0.1) is 0 Å². The van der Waals surface area contributed by atoms with Gasteiger partial charge in [0.1, 0.15) is 0 Å². The third kappa shape index (κ3) is 2.62. The maximum atomic E-state index is 10.9. The second kappa shape index (κ2) is 4.04. The Hall–Kier alpha value is -0.850. The van der Waals surface area contributed by atoms with E-state index in [1.54, 1.807) is 6.08 Å². The number of ketones is 1. The Labute approximate surface area is 61.4 Å². The molecular weight excluding hydrogens is 124 g/mol. The third-order valence-electron chi connectivity index (χ3n) is 1.57. The number of hydrogen-bond acceptors (Lipinski definition) is 1. The zero-order chi connectivity index (χ0) is 7.23. The third-order valence-corrected chi connectivity index (χ3v) is 1.57. The van der Waals surface area contributed by atoms with Crippen molar-refractivity contribution in [3.05, 3.63) is 24.3 Å². The van der Waals surface area contributed by atoms with Gasteiger partial charge in [-0.15, -0.1) is 0 Å². The highest BCUT2D eigenvalue weighted by atomic mass is 16.1. The molecule has 0 aromatic carbocycles. The Morgan fingerprint density at radius 3 is 3.00 bits per heavy atom. The number of allylic oxidation sites excluding steroid dienone is 4. The monoisotopic (exact) mass is 136 g/mol. The van der Waals surface area contributed by atoms with Crippen LogP contribution in [0.2, 0.25) is 0 Å². The molecule has 0 radical (unpaired) electrons. The van der Waals surface area contributed by atoms with Crippen LogP contribution in [0.15, 0.2) is 24.3 Å². The number of hydrogen-bond donors (Lipinski definition) is 0. The van der Waals surface area contributed by atoms with E-state index in [0.29, 0.717) is 0 Å². The lowest BCUT2D eigenvalue weighted by Gasteiger charge is -1.91. The molecule has 0 unspecified atom stereocenters. The molecule has 0 saturated carbocycles. The van der Waals surface area contributed by atoms with Crippen LogP contribution in [-0.2, 0) is 4.79 Å². The van der Waals surface area contributed by atoms with E-state index in [4.69, 9.17) is 0 Å². The van der Waals surface area contributed by atoms with Gasteiger partial charge in [-0.2, -0.15) is 0 Å². The largest absolute Gasteiger partial charge is 0.295 e. The topological polar surface area (TPSA) is 17.1 Å². The number of rotatable bonds is 0. The van der Waals surface area contributed by atoms with Gasteiger partial charge in [0.2, 0.25) is 0 Å². The summed E-state index contributed by atoms with van der Waals surface area (Å²) in [5, 5.41) is 0. The maximum absolute atomic E-state index is 10.9. The Balaban J connectivity index is 2.48. The van der Waals surface area contributed by atoms with Gasteiger partial charge in [-0.05, 0) is 25.3 Å². The Bertz CT molecular complexity index is 166. The summed E-state index contributed by atoms with van der Waals surface area (Å²) in [6, 6.07) is 0. The highest BCUT2D eigenvalue weighted by molar-refractivity contribution is 5.89. The second-order valence-corrected chi connectivity index (χ2v) is 2.50. The molecule has 0 aromatic rings. The van der Waals surface area contributed by atoms with Crippen LogP contribution in [-0.4, -0.2) is 5.78 Å². The summed E-state index contributed by atoms with van der Waals surface area (Å²) >= 11 is 0. The standard InChI is InChI=1S/C9H12O/c10-9-7-5-3-1-2-4-6-8-9/h1,3,5,7H,2,4,6,8H2/b3-1-,7-5-. The minimum Gasteiger partial charge on any atom is -0.295 e. The molecule has 0 N–H and O–H groups in total. The van der Waals surface area contributed by atoms with E-state index in [2.05, 4.69) is 6.08 Å². The molecule has 0 atom stereocenters. The average Bonchev–Trinajstić information content (AvgIpc) is 2.02. The van der Waals surface area contributed by atoms with Crippen molar-refractivity contribution in [1.82, 2.24) is 0 Å². The molecule has 1 aliphatic rings. The Kier molecular flexibility index (Phi) is 2.94. The molecule has 0 aromatic heterocycles. The van der Waals surface area contributed by atoms with Crippen molar-refractivity contribution in [2.75, 3.05) is 0 Å². The molecule has 1 aliphatic carbocycles. The van der Waals surface area contributed by atoms with Gasteiger partial charge in [0.15, 0.2) is 5.78 Å². The van der Waals surface area contributed by atoms with Gasteiger partial charge in [0.25, 0.3) is 0 Å². The highest BCUT2D eigenvalue weighted by Crippen LogP contribution is 2.04. The molecule has 10 heavy (non-hydrogen) atoms. The minimum absolute atomic E-state index is 0.256. The van der Waals surface area contributed by atoms with Gasteiger partial charge in [-0.1, -0.05) is 18.2 Å². The fourth-order valence-electron chi connectivity index (χ4n) is 0.982. The van der Waals surface area contributed by atoms with E-state index in [1.807, 2.05) is 12.2 Å². The summed E-state index contributed by atoms with van der Waals surface area (Å²) in [6.45, 7) is 0. The van der Waals surface area contributed by atoms with E-state index in [1.165, 1.54) is 0 Å². The van der Waals surface area contributed by atoms with Gasteiger partial charge in [-0.3, -0.25) is 4.79 Å². The Morgan fingerprint density at radius 1 is 1.20 bits per heavy atom. The van der Waals surface area contributed by atoms with E-state index in [9.17, 15) is 4.79 Å². The lowest BCUT2D eigenvalue weighted by Crippen LogP contribution is -1.90. The SMILES string of the molecule is O=C1/C=C\C=C/CCCC1. The molecule has 0 heterocycles. The number of carbonyl (C=O) groups is 1. The van der Waals surface area contributed by atoms with Crippen LogP contribution >= 0.6 is 0 Å². The van der Waals surface area contributed by atoms with Crippen molar-refractivity contribution in [3.63, 3.8) is 0 Å². The predicted molar refractivity (Wildman–Crippen MR) is 41.8 cm³/mol. The molecule has 0 bridgehead atoms. The maximum Gasteiger partial charge on any atom is 0.155 e. The first-order chi connectivity index (χ1) is 4.89. The lowest BCUT2D eigenvalue weighted by molar-refractivity contribution is -0.114. The molecule has 1 nitrogen and oxygen atoms in total.